The van der Waals surface area contributed by atoms with E-state index < -0.39 is 0 Å². The molecule has 0 saturated heterocycles. The molecule has 3 aromatic rings. The first kappa shape index (κ1) is 12.0. The Balaban J connectivity index is 2.28. The van der Waals surface area contributed by atoms with Crippen molar-refractivity contribution in [2.45, 2.75) is 26.8 Å². The van der Waals surface area contributed by atoms with Gasteiger partial charge >= 0.3 is 0 Å². The first-order chi connectivity index (χ1) is 9.15. The Morgan fingerprint density at radius 1 is 1.21 bits per heavy atom. The van der Waals surface area contributed by atoms with Gasteiger partial charge in [0.05, 0.1) is 6.04 Å². The molecule has 0 bridgehead atoms. The first-order valence-electron chi connectivity index (χ1n) is 5.95. The quantitative estimate of drug-likeness (QED) is 0.669. The number of azo groups is 1. The Bertz CT molecular complexity index is 776. The lowest BCUT2D eigenvalue weighted by atomic mass is 10.3. The molecule has 19 heavy (non-hydrogen) atoms. The minimum atomic E-state index is 0.125. The summed E-state index contributed by atoms with van der Waals surface area (Å²) in [6, 6.07) is 4.10. The molecular weight excluding hydrogens is 260 g/mol. The monoisotopic (exact) mass is 272 g/mol. The van der Waals surface area contributed by atoms with Gasteiger partial charge in [-0.15, -0.1) is 26.6 Å². The van der Waals surface area contributed by atoms with E-state index in [4.69, 9.17) is 0 Å². The van der Waals surface area contributed by atoms with Crippen LogP contribution in [0.4, 0.5) is 5.82 Å². The molecule has 3 heterocycles. The summed E-state index contributed by atoms with van der Waals surface area (Å²) in [5, 5.41) is 21.1. The van der Waals surface area contributed by atoms with E-state index in [0.29, 0.717) is 5.82 Å². The van der Waals surface area contributed by atoms with Gasteiger partial charge in [0, 0.05) is 11.1 Å². The molecule has 3 rings (SSSR count). The van der Waals surface area contributed by atoms with Crippen LogP contribution in [0.2, 0.25) is 0 Å². The molecule has 0 aliphatic heterocycles. The third kappa shape index (κ3) is 2.17. The molecule has 0 aromatic carbocycles. The van der Waals surface area contributed by atoms with E-state index in [-0.39, 0.29) is 6.04 Å². The van der Waals surface area contributed by atoms with Gasteiger partial charge < -0.3 is 0 Å². The minimum Gasteiger partial charge on any atom is -0.242 e. The molecule has 6 nitrogen and oxygen atoms in total. The number of fused-ring (bicyclic) bond motifs is 3. The van der Waals surface area contributed by atoms with Crippen molar-refractivity contribution >= 4 is 37.6 Å². The maximum atomic E-state index is 4.50. The number of pyridine rings is 1. The molecule has 0 saturated carbocycles. The van der Waals surface area contributed by atoms with E-state index in [1.165, 1.54) is 11.3 Å². The molecule has 0 unspecified atom stereocenters. The van der Waals surface area contributed by atoms with Crippen LogP contribution in [0.25, 0.3) is 20.4 Å². The summed E-state index contributed by atoms with van der Waals surface area (Å²) >= 11 is 1.52. The van der Waals surface area contributed by atoms with Crippen molar-refractivity contribution in [2.24, 2.45) is 10.2 Å². The third-order valence-corrected chi connectivity index (χ3v) is 3.62. The van der Waals surface area contributed by atoms with Crippen molar-refractivity contribution in [3.8, 4) is 0 Å². The molecule has 7 heteroatoms. The van der Waals surface area contributed by atoms with E-state index in [1.54, 1.807) is 0 Å². The number of thiophene rings is 1. The lowest BCUT2D eigenvalue weighted by Gasteiger charge is -1.94. The standard InChI is InChI=1S/C12H12N6S/c1-6(2)14-16-11-10-9(15-18-17-11)8-5-4-7(3)13-12(8)19-10/h4-6H,1-3H3. The second-order valence-electron chi connectivity index (χ2n) is 4.51. The number of hydrogen-bond acceptors (Lipinski definition) is 7. The maximum absolute atomic E-state index is 4.50. The van der Waals surface area contributed by atoms with Gasteiger partial charge in [-0.3, -0.25) is 0 Å². The predicted octanol–water partition coefficient (Wildman–Crippen LogP) is 3.44. The first-order valence-corrected chi connectivity index (χ1v) is 6.77. The molecule has 0 N–H and O–H groups in total. The molecule has 3 aromatic heterocycles. The van der Waals surface area contributed by atoms with Crippen LogP contribution < -0.4 is 0 Å². The third-order valence-electron chi connectivity index (χ3n) is 2.54. The summed E-state index contributed by atoms with van der Waals surface area (Å²) in [6.07, 6.45) is 0. The topological polar surface area (TPSA) is 76.3 Å². The van der Waals surface area contributed by atoms with Gasteiger partial charge in [0.2, 0.25) is 5.82 Å². The van der Waals surface area contributed by atoms with Crippen LogP contribution in [0.15, 0.2) is 22.4 Å². The fourth-order valence-electron chi connectivity index (χ4n) is 1.70. The van der Waals surface area contributed by atoms with Crippen molar-refractivity contribution in [1.29, 1.82) is 0 Å². The highest BCUT2D eigenvalue weighted by molar-refractivity contribution is 7.25. The summed E-state index contributed by atoms with van der Waals surface area (Å²) in [5.41, 5.74) is 1.77. The average Bonchev–Trinajstić information content (AvgIpc) is 2.74. The van der Waals surface area contributed by atoms with Crippen LogP contribution in [0.5, 0.6) is 0 Å². The number of nitrogens with zero attached hydrogens (tertiary/aromatic N) is 6. The van der Waals surface area contributed by atoms with Gasteiger partial charge in [0.1, 0.15) is 15.0 Å². The zero-order chi connectivity index (χ0) is 13.4. The maximum Gasteiger partial charge on any atom is 0.217 e. The summed E-state index contributed by atoms with van der Waals surface area (Å²) in [6.45, 7) is 5.89. The van der Waals surface area contributed by atoms with Gasteiger partial charge in [0.15, 0.2) is 0 Å². The van der Waals surface area contributed by atoms with Gasteiger partial charge in [-0.25, -0.2) is 4.98 Å². The molecule has 0 spiro atoms. The highest BCUT2D eigenvalue weighted by atomic mass is 32.1. The average molecular weight is 272 g/mol. The lowest BCUT2D eigenvalue weighted by molar-refractivity contribution is 0.769. The molecule has 0 radical (unpaired) electrons. The van der Waals surface area contributed by atoms with Crippen LogP contribution in [0.3, 0.4) is 0 Å². The van der Waals surface area contributed by atoms with Crippen LogP contribution in [-0.2, 0) is 0 Å². The van der Waals surface area contributed by atoms with Crippen molar-refractivity contribution in [2.75, 3.05) is 0 Å². The Labute approximate surface area is 113 Å². The van der Waals surface area contributed by atoms with E-state index >= 15 is 0 Å². The van der Waals surface area contributed by atoms with Crippen LogP contribution in [0.1, 0.15) is 19.5 Å². The van der Waals surface area contributed by atoms with Gasteiger partial charge in [-0.1, -0.05) is 0 Å². The van der Waals surface area contributed by atoms with Gasteiger partial charge in [-0.2, -0.15) is 5.11 Å². The highest BCUT2D eigenvalue weighted by Crippen LogP contribution is 2.35. The zero-order valence-electron chi connectivity index (χ0n) is 10.8. The van der Waals surface area contributed by atoms with E-state index in [1.807, 2.05) is 32.9 Å². The second kappa shape index (κ2) is 4.58. The Morgan fingerprint density at radius 2 is 2.05 bits per heavy atom. The normalized spacial score (nSPS) is 12.2. The summed E-state index contributed by atoms with van der Waals surface area (Å²) in [4.78, 5) is 5.43. The molecule has 0 aliphatic rings. The summed E-state index contributed by atoms with van der Waals surface area (Å²) in [7, 11) is 0. The number of hydrogen-bond donors (Lipinski definition) is 0. The molecule has 0 aliphatic carbocycles. The molecule has 96 valence electrons. The Hall–Kier alpha value is -2.02. The fourth-order valence-corrected chi connectivity index (χ4v) is 2.78. The van der Waals surface area contributed by atoms with Crippen molar-refractivity contribution < 1.29 is 0 Å². The molecule has 0 amide bonds. The molecule has 0 atom stereocenters. The molecular formula is C12H12N6S. The number of aromatic nitrogens is 4. The lowest BCUT2D eigenvalue weighted by Crippen LogP contribution is -1.88. The van der Waals surface area contributed by atoms with Crippen LogP contribution in [0, 0.1) is 6.92 Å². The van der Waals surface area contributed by atoms with Crippen molar-refractivity contribution in [1.82, 2.24) is 20.4 Å². The van der Waals surface area contributed by atoms with Crippen LogP contribution >= 0.6 is 11.3 Å². The van der Waals surface area contributed by atoms with Crippen LogP contribution in [-0.4, -0.2) is 26.4 Å². The van der Waals surface area contributed by atoms with E-state index in [0.717, 1.165) is 26.1 Å². The van der Waals surface area contributed by atoms with E-state index in [9.17, 15) is 0 Å². The summed E-state index contributed by atoms with van der Waals surface area (Å²) < 4.78 is 0.882. The number of rotatable bonds is 2. The largest absolute Gasteiger partial charge is 0.242 e. The van der Waals surface area contributed by atoms with Crippen molar-refractivity contribution in [3.63, 3.8) is 0 Å². The number of aryl methyl sites for hydroxylation is 1. The molecule has 0 fully saturated rings. The minimum absolute atomic E-state index is 0.125. The van der Waals surface area contributed by atoms with Crippen molar-refractivity contribution in [3.05, 3.63) is 17.8 Å². The fraction of sp³-hybridized carbons (Fsp3) is 0.333. The highest BCUT2D eigenvalue weighted by Gasteiger charge is 2.13. The summed E-state index contributed by atoms with van der Waals surface area (Å²) in [5.74, 6) is 0.513. The predicted molar refractivity (Wildman–Crippen MR) is 74.9 cm³/mol. The van der Waals surface area contributed by atoms with Gasteiger partial charge in [-0.05, 0) is 38.1 Å². The smallest absolute Gasteiger partial charge is 0.217 e. The SMILES string of the molecule is Cc1ccc2c(n1)sc1c(N=NC(C)C)nnnc12. The zero-order valence-corrected chi connectivity index (χ0v) is 11.6. The van der Waals surface area contributed by atoms with Gasteiger partial charge in [0.25, 0.3) is 0 Å². The second-order valence-corrected chi connectivity index (χ2v) is 5.51. The van der Waals surface area contributed by atoms with E-state index in [2.05, 4.69) is 30.6 Å². The Kier molecular flexibility index (Phi) is 2.90. The Morgan fingerprint density at radius 3 is 2.84 bits per heavy atom.